The van der Waals surface area contributed by atoms with Gasteiger partial charge in [0.2, 0.25) is 0 Å². The monoisotopic (exact) mass is 388 g/mol. The fourth-order valence-corrected chi connectivity index (χ4v) is 4.27. The summed E-state index contributed by atoms with van der Waals surface area (Å²) in [6, 6.07) is 18.3. The van der Waals surface area contributed by atoms with E-state index in [4.69, 9.17) is 5.26 Å². The fourth-order valence-electron chi connectivity index (χ4n) is 3.29. The number of para-hydroxylation sites is 1. The second-order valence-corrected chi connectivity index (χ2v) is 7.71. The molecule has 0 radical (unpaired) electrons. The Morgan fingerprint density at radius 3 is 2.79 bits per heavy atom. The number of amides is 1. The van der Waals surface area contributed by atoms with E-state index in [0.717, 1.165) is 28.6 Å². The van der Waals surface area contributed by atoms with Gasteiger partial charge < -0.3 is 15.2 Å². The summed E-state index contributed by atoms with van der Waals surface area (Å²) in [5.74, 6) is -0.0928. The van der Waals surface area contributed by atoms with Crippen LogP contribution in [0, 0.1) is 11.3 Å². The van der Waals surface area contributed by atoms with E-state index < -0.39 is 0 Å². The summed E-state index contributed by atoms with van der Waals surface area (Å²) >= 11 is 1.46. The zero-order chi connectivity index (χ0) is 19.5. The molecule has 2 N–H and O–H groups in total. The van der Waals surface area contributed by atoms with Gasteiger partial charge in [0, 0.05) is 28.4 Å². The van der Waals surface area contributed by atoms with E-state index in [1.807, 2.05) is 53.2 Å². The first-order valence-corrected chi connectivity index (χ1v) is 10.1. The number of nitrogens with zero attached hydrogens (tertiary/aromatic N) is 2. The van der Waals surface area contributed by atoms with E-state index in [-0.39, 0.29) is 17.9 Å². The number of carbonyl (C=O) groups is 1. The Hall–Kier alpha value is -3.17. The van der Waals surface area contributed by atoms with Crippen molar-refractivity contribution in [3.05, 3.63) is 70.8 Å². The first kappa shape index (κ1) is 18.2. The van der Waals surface area contributed by atoms with E-state index in [0.29, 0.717) is 4.91 Å². The summed E-state index contributed by atoms with van der Waals surface area (Å²) in [5.41, 5.74) is 3.98. The second kappa shape index (κ2) is 7.83. The lowest BCUT2D eigenvalue weighted by molar-refractivity contribution is -0.116. The molecule has 2 aromatic carbocycles. The van der Waals surface area contributed by atoms with Gasteiger partial charge in [0.05, 0.1) is 11.0 Å². The number of nitrogens with one attached hydrogen (secondary N) is 2. The van der Waals surface area contributed by atoms with Gasteiger partial charge in [0.1, 0.15) is 6.54 Å². The van der Waals surface area contributed by atoms with Crippen LogP contribution in [0.3, 0.4) is 0 Å². The van der Waals surface area contributed by atoms with Crippen LogP contribution in [0.2, 0.25) is 0 Å². The number of hydrogen-bond acceptors (Lipinski definition) is 4. The summed E-state index contributed by atoms with van der Waals surface area (Å²) in [6.45, 7) is 2.40. The summed E-state index contributed by atoms with van der Waals surface area (Å²) in [4.78, 5) is 13.1. The number of benzene rings is 2. The average Bonchev–Trinajstić information content (AvgIpc) is 3.23. The van der Waals surface area contributed by atoms with E-state index in [2.05, 4.69) is 35.8 Å². The lowest BCUT2D eigenvalue weighted by atomic mass is 10.1. The molecule has 4 rings (SSSR count). The van der Waals surface area contributed by atoms with Gasteiger partial charge in [0.25, 0.3) is 5.91 Å². The molecule has 5 nitrogen and oxygen atoms in total. The molecule has 1 atom stereocenters. The minimum Gasteiger partial charge on any atom is -0.357 e. The Morgan fingerprint density at radius 2 is 2.04 bits per heavy atom. The van der Waals surface area contributed by atoms with Crippen LogP contribution in [0.1, 0.15) is 18.1 Å². The second-order valence-electron chi connectivity index (χ2n) is 6.56. The normalized spacial score (nSPS) is 17.6. The van der Waals surface area contributed by atoms with Crippen LogP contribution in [-0.2, 0) is 17.8 Å². The average molecular weight is 388 g/mol. The first-order chi connectivity index (χ1) is 13.7. The maximum absolute atomic E-state index is 12.4. The molecule has 6 heteroatoms. The molecule has 0 aliphatic carbocycles. The quantitative estimate of drug-likeness (QED) is 0.639. The smallest absolute Gasteiger partial charge is 0.260 e. The molecule has 1 amide bonds. The third kappa shape index (κ3) is 3.62. The van der Waals surface area contributed by atoms with Crippen molar-refractivity contribution in [3.63, 3.8) is 0 Å². The van der Waals surface area contributed by atoms with Crippen molar-refractivity contribution in [1.29, 1.82) is 5.26 Å². The number of anilines is 1. The highest BCUT2D eigenvalue weighted by atomic mass is 32.2. The molecule has 0 saturated carbocycles. The number of rotatable bonds is 5. The lowest BCUT2D eigenvalue weighted by Gasteiger charge is -2.12. The number of carbonyl (C=O) groups excluding carboxylic acids is 1. The Labute approximate surface area is 168 Å². The molecular formula is C22H20N4OS. The van der Waals surface area contributed by atoms with Crippen molar-refractivity contribution in [1.82, 2.24) is 9.88 Å². The number of thioether (sulfide) groups is 1. The summed E-state index contributed by atoms with van der Waals surface area (Å²) in [6.07, 6.45) is 4.83. The van der Waals surface area contributed by atoms with Gasteiger partial charge in [-0.25, -0.2) is 0 Å². The van der Waals surface area contributed by atoms with Gasteiger partial charge in [-0.15, -0.1) is 0 Å². The summed E-state index contributed by atoms with van der Waals surface area (Å²) in [7, 11) is 0. The minimum atomic E-state index is -0.210. The third-order valence-electron chi connectivity index (χ3n) is 4.74. The molecule has 1 fully saturated rings. The Kier molecular flexibility index (Phi) is 5.09. The molecule has 3 aromatic rings. The molecule has 140 valence electrons. The van der Waals surface area contributed by atoms with Crippen LogP contribution >= 0.6 is 11.8 Å². The number of fused-ring (bicyclic) bond motifs is 1. The summed E-state index contributed by atoms with van der Waals surface area (Å²) in [5, 5.41) is 16.4. The number of aromatic nitrogens is 1. The Balaban J connectivity index is 1.56. The SMILES string of the molecule is CCc1ccc(N[C@H]2NC(=O)/C(=C/c3cn(CC#N)c4ccccc34)S2)cc1. The van der Waals surface area contributed by atoms with Gasteiger partial charge in [-0.3, -0.25) is 4.79 Å². The molecule has 1 aliphatic heterocycles. The van der Waals surface area contributed by atoms with Crippen LogP contribution in [0.25, 0.3) is 17.0 Å². The molecule has 1 aliphatic rings. The standard InChI is InChI=1S/C22H20N4OS/c1-2-15-7-9-17(10-8-15)24-22-25-21(27)20(28-22)13-16-14-26(12-11-23)19-6-4-3-5-18(16)19/h3-10,13-14,22,24H,2,12H2,1H3,(H,25,27)/b20-13-/t22-/m0/s1. The van der Waals surface area contributed by atoms with E-state index in [1.165, 1.54) is 17.3 Å². The van der Waals surface area contributed by atoms with Crippen LogP contribution in [0.4, 0.5) is 5.69 Å². The number of hydrogen-bond donors (Lipinski definition) is 2. The summed E-state index contributed by atoms with van der Waals surface area (Å²) < 4.78 is 1.91. The van der Waals surface area contributed by atoms with Crippen molar-refractivity contribution in [2.75, 3.05) is 5.32 Å². The fraction of sp³-hybridized carbons (Fsp3) is 0.182. The van der Waals surface area contributed by atoms with Crippen LogP contribution < -0.4 is 10.6 Å². The molecule has 2 heterocycles. The Morgan fingerprint density at radius 1 is 1.25 bits per heavy atom. The van der Waals surface area contributed by atoms with Crippen molar-refractivity contribution < 1.29 is 4.79 Å². The molecule has 28 heavy (non-hydrogen) atoms. The van der Waals surface area contributed by atoms with Gasteiger partial charge in [-0.05, 0) is 36.3 Å². The molecule has 0 bridgehead atoms. The number of nitriles is 1. The van der Waals surface area contributed by atoms with Gasteiger partial charge in [-0.2, -0.15) is 5.26 Å². The van der Waals surface area contributed by atoms with Gasteiger partial charge in [-0.1, -0.05) is 49.0 Å². The predicted molar refractivity (Wildman–Crippen MR) is 114 cm³/mol. The maximum Gasteiger partial charge on any atom is 0.260 e. The molecule has 1 aromatic heterocycles. The molecule has 0 unspecified atom stereocenters. The highest BCUT2D eigenvalue weighted by Crippen LogP contribution is 2.32. The first-order valence-electron chi connectivity index (χ1n) is 9.17. The van der Waals surface area contributed by atoms with Crippen molar-refractivity contribution in [2.45, 2.75) is 25.4 Å². The van der Waals surface area contributed by atoms with E-state index in [1.54, 1.807) is 0 Å². The van der Waals surface area contributed by atoms with Crippen molar-refractivity contribution >= 4 is 40.3 Å². The van der Waals surface area contributed by atoms with Crippen molar-refractivity contribution in [3.8, 4) is 6.07 Å². The zero-order valence-corrected chi connectivity index (χ0v) is 16.3. The maximum atomic E-state index is 12.4. The van der Waals surface area contributed by atoms with E-state index in [9.17, 15) is 4.79 Å². The highest BCUT2D eigenvalue weighted by Gasteiger charge is 2.27. The molecule has 1 saturated heterocycles. The van der Waals surface area contributed by atoms with Crippen molar-refractivity contribution in [2.24, 2.45) is 0 Å². The molecular weight excluding hydrogens is 368 g/mol. The predicted octanol–water partition coefficient (Wildman–Crippen LogP) is 4.33. The third-order valence-corrected chi connectivity index (χ3v) is 5.77. The lowest BCUT2D eigenvalue weighted by Crippen LogP contribution is -2.30. The van der Waals surface area contributed by atoms with Crippen LogP contribution in [0.15, 0.2) is 59.6 Å². The zero-order valence-electron chi connectivity index (χ0n) is 15.5. The minimum absolute atomic E-state index is 0.0928. The topological polar surface area (TPSA) is 69.8 Å². The Bertz CT molecular complexity index is 1090. The van der Waals surface area contributed by atoms with Crippen LogP contribution in [-0.4, -0.2) is 16.0 Å². The van der Waals surface area contributed by atoms with Crippen LogP contribution in [0.5, 0.6) is 0 Å². The van der Waals surface area contributed by atoms with Gasteiger partial charge >= 0.3 is 0 Å². The highest BCUT2D eigenvalue weighted by molar-refractivity contribution is 8.05. The largest absolute Gasteiger partial charge is 0.357 e. The number of aryl methyl sites for hydroxylation is 1. The van der Waals surface area contributed by atoms with E-state index >= 15 is 0 Å². The molecule has 0 spiro atoms. The van der Waals surface area contributed by atoms with Gasteiger partial charge in [0.15, 0.2) is 5.50 Å².